The number of nitrogens with one attached hydrogen (secondary N) is 1. The summed E-state index contributed by atoms with van der Waals surface area (Å²) in [6.07, 6.45) is 8.33. The van der Waals surface area contributed by atoms with Crippen molar-refractivity contribution in [3.05, 3.63) is 0 Å². The van der Waals surface area contributed by atoms with Gasteiger partial charge in [0.25, 0.3) is 0 Å². The van der Waals surface area contributed by atoms with Crippen molar-refractivity contribution in [2.45, 2.75) is 58.5 Å². The van der Waals surface area contributed by atoms with Crippen molar-refractivity contribution in [3.63, 3.8) is 0 Å². The lowest BCUT2D eigenvalue weighted by atomic mass is 9.88. The van der Waals surface area contributed by atoms with Crippen LogP contribution in [-0.2, 0) is 4.74 Å². The molecule has 0 aliphatic heterocycles. The maximum Gasteiger partial charge on any atom is 0.0600 e. The lowest BCUT2D eigenvalue weighted by Gasteiger charge is -2.28. The molecule has 1 fully saturated rings. The van der Waals surface area contributed by atoms with Crippen LogP contribution in [0.1, 0.15) is 52.4 Å². The minimum atomic E-state index is 0.546. The molecule has 1 aliphatic carbocycles. The molecule has 1 saturated carbocycles. The molecule has 0 aromatic carbocycles. The van der Waals surface area contributed by atoms with E-state index in [4.69, 9.17) is 4.74 Å². The van der Waals surface area contributed by atoms with Crippen LogP contribution in [0.3, 0.4) is 0 Å². The molecule has 0 aromatic heterocycles. The van der Waals surface area contributed by atoms with Crippen LogP contribution in [0, 0.1) is 5.92 Å². The van der Waals surface area contributed by atoms with Crippen LogP contribution in [0.2, 0.25) is 0 Å². The third-order valence-electron chi connectivity index (χ3n) is 3.29. The van der Waals surface area contributed by atoms with Gasteiger partial charge in [-0.05, 0) is 44.7 Å². The topological polar surface area (TPSA) is 21.3 Å². The molecule has 0 spiro atoms. The molecule has 2 nitrogen and oxygen atoms in total. The molecule has 2 heteroatoms. The molecular weight excluding hydrogens is 186 g/mol. The Hall–Kier alpha value is -0.0800. The van der Waals surface area contributed by atoms with Crippen molar-refractivity contribution < 1.29 is 4.74 Å². The molecule has 1 rings (SSSR count). The van der Waals surface area contributed by atoms with Gasteiger partial charge in [-0.25, -0.2) is 0 Å². The van der Waals surface area contributed by atoms with Gasteiger partial charge in [0.15, 0.2) is 0 Å². The fraction of sp³-hybridized carbons (Fsp3) is 1.00. The van der Waals surface area contributed by atoms with Crippen LogP contribution in [0.25, 0.3) is 0 Å². The van der Waals surface area contributed by atoms with Crippen molar-refractivity contribution in [1.29, 1.82) is 0 Å². The van der Waals surface area contributed by atoms with Gasteiger partial charge >= 0.3 is 0 Å². The van der Waals surface area contributed by atoms with Gasteiger partial charge in [-0.3, -0.25) is 0 Å². The van der Waals surface area contributed by atoms with Crippen LogP contribution in [0.5, 0.6) is 0 Å². The highest BCUT2D eigenvalue weighted by molar-refractivity contribution is 4.72. The van der Waals surface area contributed by atoms with Gasteiger partial charge < -0.3 is 10.1 Å². The summed E-state index contributed by atoms with van der Waals surface area (Å²) in [6, 6.07) is 0. The Balaban J connectivity index is 1.94. The molecule has 0 heterocycles. The number of hydrogen-bond donors (Lipinski definition) is 1. The molecule has 0 amide bonds. The Kier molecular flexibility index (Phi) is 7.03. The Bertz CT molecular complexity index is 149. The minimum absolute atomic E-state index is 0.546. The summed E-state index contributed by atoms with van der Waals surface area (Å²) in [5.74, 6) is 0.780. The zero-order valence-electron chi connectivity index (χ0n) is 10.4. The van der Waals surface area contributed by atoms with E-state index in [-0.39, 0.29) is 0 Å². The minimum Gasteiger partial charge on any atom is -0.378 e. The number of ether oxygens (including phenoxy) is 1. The van der Waals surface area contributed by atoms with Crippen molar-refractivity contribution in [1.82, 2.24) is 5.32 Å². The summed E-state index contributed by atoms with van der Waals surface area (Å²) < 4.78 is 5.94. The summed E-state index contributed by atoms with van der Waals surface area (Å²) in [4.78, 5) is 0. The molecular formula is C13H27NO. The van der Waals surface area contributed by atoms with Gasteiger partial charge in [0.05, 0.1) is 6.10 Å². The van der Waals surface area contributed by atoms with E-state index in [0.717, 1.165) is 32.0 Å². The highest BCUT2D eigenvalue weighted by Crippen LogP contribution is 2.26. The largest absolute Gasteiger partial charge is 0.378 e. The summed E-state index contributed by atoms with van der Waals surface area (Å²) in [6.45, 7) is 7.72. The highest BCUT2D eigenvalue weighted by Gasteiger charge is 2.21. The Morgan fingerprint density at radius 2 is 2.00 bits per heavy atom. The normalized spacial score (nSPS) is 26.8. The molecule has 0 aromatic rings. The predicted octanol–water partition coefficient (Wildman–Crippen LogP) is 2.97. The van der Waals surface area contributed by atoms with E-state index in [2.05, 4.69) is 19.2 Å². The lowest BCUT2D eigenvalue weighted by Crippen LogP contribution is -2.27. The fourth-order valence-corrected chi connectivity index (χ4v) is 2.26. The zero-order valence-corrected chi connectivity index (χ0v) is 10.4. The molecule has 2 unspecified atom stereocenters. The van der Waals surface area contributed by atoms with Crippen molar-refractivity contribution in [3.8, 4) is 0 Å². The molecule has 0 bridgehead atoms. The standard InChI is InChI=1S/C13H27NO/c1-3-9-14-10-6-11-15-13-8-5-4-7-12(13)2/h12-14H,3-11H2,1-2H3. The van der Waals surface area contributed by atoms with Gasteiger partial charge in [-0.15, -0.1) is 0 Å². The summed E-state index contributed by atoms with van der Waals surface area (Å²) in [7, 11) is 0. The predicted molar refractivity (Wildman–Crippen MR) is 65.1 cm³/mol. The molecule has 15 heavy (non-hydrogen) atoms. The summed E-state index contributed by atoms with van der Waals surface area (Å²) >= 11 is 0. The Morgan fingerprint density at radius 1 is 1.20 bits per heavy atom. The second-order valence-corrected chi connectivity index (χ2v) is 4.77. The lowest BCUT2D eigenvalue weighted by molar-refractivity contribution is -0.00571. The van der Waals surface area contributed by atoms with Gasteiger partial charge in [0, 0.05) is 6.61 Å². The first-order valence-electron chi connectivity index (χ1n) is 6.67. The van der Waals surface area contributed by atoms with Crippen LogP contribution < -0.4 is 5.32 Å². The van der Waals surface area contributed by atoms with Gasteiger partial charge in [0.1, 0.15) is 0 Å². The molecule has 0 radical (unpaired) electrons. The van der Waals surface area contributed by atoms with Crippen LogP contribution in [0.4, 0.5) is 0 Å². The maximum absolute atomic E-state index is 5.94. The van der Waals surface area contributed by atoms with Crippen molar-refractivity contribution >= 4 is 0 Å². The third-order valence-corrected chi connectivity index (χ3v) is 3.29. The summed E-state index contributed by atoms with van der Waals surface area (Å²) in [5, 5.41) is 3.40. The molecule has 0 saturated heterocycles. The van der Waals surface area contributed by atoms with E-state index in [1.165, 1.54) is 32.1 Å². The van der Waals surface area contributed by atoms with Gasteiger partial charge in [-0.1, -0.05) is 26.7 Å². The van der Waals surface area contributed by atoms with Crippen LogP contribution in [-0.4, -0.2) is 25.8 Å². The average Bonchev–Trinajstić information content (AvgIpc) is 2.25. The Morgan fingerprint density at radius 3 is 2.73 bits per heavy atom. The monoisotopic (exact) mass is 213 g/mol. The second kappa shape index (κ2) is 8.12. The van der Waals surface area contributed by atoms with E-state index in [0.29, 0.717) is 6.10 Å². The zero-order chi connectivity index (χ0) is 10.9. The fourth-order valence-electron chi connectivity index (χ4n) is 2.26. The van der Waals surface area contributed by atoms with Crippen LogP contribution in [0.15, 0.2) is 0 Å². The molecule has 2 atom stereocenters. The van der Waals surface area contributed by atoms with Gasteiger partial charge in [-0.2, -0.15) is 0 Å². The quantitative estimate of drug-likeness (QED) is 0.656. The van der Waals surface area contributed by atoms with E-state index in [1.54, 1.807) is 0 Å². The van der Waals surface area contributed by atoms with E-state index in [1.807, 2.05) is 0 Å². The van der Waals surface area contributed by atoms with E-state index < -0.39 is 0 Å². The van der Waals surface area contributed by atoms with E-state index >= 15 is 0 Å². The van der Waals surface area contributed by atoms with E-state index in [9.17, 15) is 0 Å². The average molecular weight is 213 g/mol. The maximum atomic E-state index is 5.94. The molecule has 90 valence electrons. The Labute approximate surface area is 94.8 Å². The molecule has 1 N–H and O–H groups in total. The number of rotatable bonds is 7. The first-order chi connectivity index (χ1) is 7.34. The SMILES string of the molecule is CCCNCCCOC1CCCCC1C. The highest BCUT2D eigenvalue weighted by atomic mass is 16.5. The van der Waals surface area contributed by atoms with Gasteiger partial charge in [0.2, 0.25) is 0 Å². The third kappa shape index (κ3) is 5.53. The first-order valence-corrected chi connectivity index (χ1v) is 6.67. The van der Waals surface area contributed by atoms with Crippen molar-refractivity contribution in [2.24, 2.45) is 5.92 Å². The van der Waals surface area contributed by atoms with Crippen LogP contribution >= 0.6 is 0 Å². The second-order valence-electron chi connectivity index (χ2n) is 4.77. The van der Waals surface area contributed by atoms with Crippen molar-refractivity contribution in [2.75, 3.05) is 19.7 Å². The molecule has 1 aliphatic rings. The first kappa shape index (κ1) is 13.0. The smallest absolute Gasteiger partial charge is 0.0600 e. The number of hydrogen-bond acceptors (Lipinski definition) is 2. The summed E-state index contributed by atoms with van der Waals surface area (Å²) in [5.41, 5.74) is 0.